The summed E-state index contributed by atoms with van der Waals surface area (Å²) in [4.78, 5) is 7.45. The second kappa shape index (κ2) is 4.64. The fourth-order valence-electron chi connectivity index (χ4n) is 1.36. The van der Waals surface area contributed by atoms with E-state index in [-0.39, 0.29) is 0 Å². The molecule has 0 atom stereocenters. The molecule has 0 aliphatic rings. The second-order valence-corrected chi connectivity index (χ2v) is 4.69. The van der Waals surface area contributed by atoms with Crippen LogP contribution in [0.2, 0.25) is 5.15 Å². The van der Waals surface area contributed by atoms with Crippen molar-refractivity contribution in [3.8, 4) is 0 Å². The van der Waals surface area contributed by atoms with Crippen LogP contribution in [0.4, 0.5) is 5.69 Å². The first-order valence-electron chi connectivity index (χ1n) is 4.61. The average Bonchev–Trinajstić information content (AvgIpc) is 2.70. The van der Waals surface area contributed by atoms with Crippen LogP contribution < -0.4 is 4.90 Å². The van der Waals surface area contributed by atoms with Crippen LogP contribution in [0, 0.1) is 0 Å². The van der Waals surface area contributed by atoms with E-state index >= 15 is 0 Å². The molecule has 0 saturated carbocycles. The van der Waals surface area contributed by atoms with Gasteiger partial charge in [0.1, 0.15) is 5.15 Å². The van der Waals surface area contributed by atoms with Crippen LogP contribution in [-0.2, 0) is 6.54 Å². The fraction of sp³-hybridized carbons (Fsp3) is 0.182. The van der Waals surface area contributed by atoms with Gasteiger partial charge in [0.2, 0.25) is 0 Å². The van der Waals surface area contributed by atoms with E-state index in [0.29, 0.717) is 5.15 Å². The van der Waals surface area contributed by atoms with Gasteiger partial charge in [0.15, 0.2) is 0 Å². The quantitative estimate of drug-likeness (QED) is 0.762. The topological polar surface area (TPSA) is 16.1 Å². The first-order valence-corrected chi connectivity index (χ1v) is 5.86. The number of thiophene rings is 1. The monoisotopic (exact) mass is 238 g/mol. The Bertz CT molecular complexity index is 428. The SMILES string of the molecule is CN(Cc1cccs1)c1ccnc(Cl)c1. The Balaban J connectivity index is 2.11. The lowest BCUT2D eigenvalue weighted by Crippen LogP contribution is -2.15. The van der Waals surface area contributed by atoms with Gasteiger partial charge in [0.05, 0.1) is 6.54 Å². The highest BCUT2D eigenvalue weighted by atomic mass is 35.5. The minimum absolute atomic E-state index is 0.533. The Morgan fingerprint density at radius 3 is 3.00 bits per heavy atom. The van der Waals surface area contributed by atoms with Crippen LogP contribution in [0.15, 0.2) is 35.8 Å². The first-order chi connectivity index (χ1) is 7.25. The van der Waals surface area contributed by atoms with Crippen molar-refractivity contribution in [1.82, 2.24) is 4.98 Å². The summed E-state index contributed by atoms with van der Waals surface area (Å²) in [5.74, 6) is 0. The Labute approximate surface area is 98.1 Å². The Kier molecular flexibility index (Phi) is 3.23. The van der Waals surface area contributed by atoms with E-state index in [4.69, 9.17) is 11.6 Å². The van der Waals surface area contributed by atoms with Crippen molar-refractivity contribution in [2.75, 3.05) is 11.9 Å². The molecule has 0 spiro atoms. The highest BCUT2D eigenvalue weighted by Crippen LogP contribution is 2.19. The Morgan fingerprint density at radius 1 is 1.47 bits per heavy atom. The summed E-state index contributed by atoms with van der Waals surface area (Å²) in [7, 11) is 2.05. The molecule has 0 bridgehead atoms. The zero-order chi connectivity index (χ0) is 10.7. The van der Waals surface area contributed by atoms with E-state index < -0.39 is 0 Å². The molecule has 2 aromatic rings. The zero-order valence-corrected chi connectivity index (χ0v) is 9.92. The van der Waals surface area contributed by atoms with E-state index in [9.17, 15) is 0 Å². The molecule has 4 heteroatoms. The normalized spacial score (nSPS) is 10.3. The van der Waals surface area contributed by atoms with E-state index in [1.165, 1.54) is 4.88 Å². The first kappa shape index (κ1) is 10.5. The van der Waals surface area contributed by atoms with Crippen LogP contribution >= 0.6 is 22.9 Å². The molecule has 0 N–H and O–H groups in total. The molecule has 2 rings (SSSR count). The molecular formula is C11H11ClN2S. The lowest BCUT2D eigenvalue weighted by molar-refractivity contribution is 0.938. The molecule has 0 unspecified atom stereocenters. The van der Waals surface area contributed by atoms with E-state index in [1.807, 2.05) is 19.2 Å². The van der Waals surface area contributed by atoms with Crippen molar-refractivity contribution in [2.24, 2.45) is 0 Å². The molecule has 0 aliphatic heterocycles. The second-order valence-electron chi connectivity index (χ2n) is 3.27. The number of hydrogen-bond acceptors (Lipinski definition) is 3. The molecule has 2 nitrogen and oxygen atoms in total. The number of pyridine rings is 1. The molecule has 0 aliphatic carbocycles. The predicted molar refractivity (Wildman–Crippen MR) is 65.7 cm³/mol. The number of hydrogen-bond donors (Lipinski definition) is 0. The van der Waals surface area contributed by atoms with Crippen molar-refractivity contribution in [3.63, 3.8) is 0 Å². The maximum atomic E-state index is 5.84. The van der Waals surface area contributed by atoms with Gasteiger partial charge in [-0.3, -0.25) is 0 Å². The van der Waals surface area contributed by atoms with Gasteiger partial charge in [-0.25, -0.2) is 4.98 Å². The summed E-state index contributed by atoms with van der Waals surface area (Å²) < 4.78 is 0. The summed E-state index contributed by atoms with van der Waals surface area (Å²) in [5, 5.41) is 2.62. The van der Waals surface area contributed by atoms with Gasteiger partial charge in [-0.1, -0.05) is 17.7 Å². The molecule has 15 heavy (non-hydrogen) atoms. The number of anilines is 1. The van der Waals surface area contributed by atoms with Crippen LogP contribution in [0.5, 0.6) is 0 Å². The number of rotatable bonds is 3. The molecule has 0 saturated heterocycles. The third-order valence-electron chi connectivity index (χ3n) is 2.12. The van der Waals surface area contributed by atoms with Gasteiger partial charge in [-0.05, 0) is 23.6 Å². The van der Waals surface area contributed by atoms with Gasteiger partial charge in [0.25, 0.3) is 0 Å². The lowest BCUT2D eigenvalue weighted by Gasteiger charge is -2.18. The van der Waals surface area contributed by atoms with Gasteiger partial charge in [0, 0.05) is 23.8 Å². The van der Waals surface area contributed by atoms with Gasteiger partial charge in [-0.15, -0.1) is 11.3 Å². The molecular weight excluding hydrogens is 228 g/mol. The molecule has 2 aromatic heterocycles. The van der Waals surface area contributed by atoms with Crippen molar-refractivity contribution in [3.05, 3.63) is 45.9 Å². The van der Waals surface area contributed by atoms with Crippen molar-refractivity contribution in [1.29, 1.82) is 0 Å². The van der Waals surface area contributed by atoms with E-state index in [0.717, 1.165) is 12.2 Å². The fourth-order valence-corrected chi connectivity index (χ4v) is 2.28. The molecule has 78 valence electrons. The highest BCUT2D eigenvalue weighted by Gasteiger charge is 2.03. The third-order valence-corrected chi connectivity index (χ3v) is 3.19. The average molecular weight is 239 g/mol. The van der Waals surface area contributed by atoms with Gasteiger partial charge >= 0.3 is 0 Å². The lowest BCUT2D eigenvalue weighted by atomic mass is 10.3. The van der Waals surface area contributed by atoms with Gasteiger partial charge in [-0.2, -0.15) is 0 Å². The molecule has 0 aromatic carbocycles. The summed E-state index contributed by atoms with van der Waals surface area (Å²) in [6.07, 6.45) is 1.72. The van der Waals surface area contributed by atoms with Crippen LogP contribution in [-0.4, -0.2) is 12.0 Å². The van der Waals surface area contributed by atoms with E-state index in [2.05, 4.69) is 27.4 Å². The minimum Gasteiger partial charge on any atom is -0.369 e. The largest absolute Gasteiger partial charge is 0.369 e. The summed E-state index contributed by atoms with van der Waals surface area (Å²) in [6, 6.07) is 8.02. The molecule has 2 heterocycles. The predicted octanol–water partition coefficient (Wildman–Crippen LogP) is 3.43. The maximum absolute atomic E-state index is 5.84. The van der Waals surface area contributed by atoms with Crippen molar-refractivity contribution in [2.45, 2.75) is 6.54 Å². The van der Waals surface area contributed by atoms with Gasteiger partial charge < -0.3 is 4.90 Å². The third kappa shape index (κ3) is 2.70. The zero-order valence-electron chi connectivity index (χ0n) is 8.35. The molecule has 0 fully saturated rings. The number of aromatic nitrogens is 1. The Hall–Kier alpha value is -1.06. The minimum atomic E-state index is 0.533. The van der Waals surface area contributed by atoms with Crippen molar-refractivity contribution >= 4 is 28.6 Å². The molecule has 0 radical (unpaired) electrons. The standard InChI is InChI=1S/C11H11ClN2S/c1-14(8-10-3-2-6-15-10)9-4-5-13-11(12)7-9/h2-7H,8H2,1H3. The van der Waals surface area contributed by atoms with E-state index in [1.54, 1.807) is 17.5 Å². The smallest absolute Gasteiger partial charge is 0.131 e. The number of nitrogens with zero attached hydrogens (tertiary/aromatic N) is 2. The maximum Gasteiger partial charge on any atom is 0.131 e. The summed E-state index contributed by atoms with van der Waals surface area (Å²) in [6.45, 7) is 0.901. The highest BCUT2D eigenvalue weighted by molar-refractivity contribution is 7.09. The molecule has 0 amide bonds. The number of halogens is 1. The summed E-state index contributed by atoms with van der Waals surface area (Å²) >= 11 is 7.60. The van der Waals surface area contributed by atoms with Crippen LogP contribution in [0.1, 0.15) is 4.88 Å². The summed E-state index contributed by atoms with van der Waals surface area (Å²) in [5.41, 5.74) is 1.09. The van der Waals surface area contributed by atoms with Crippen LogP contribution in [0.3, 0.4) is 0 Å². The van der Waals surface area contributed by atoms with Crippen LogP contribution in [0.25, 0.3) is 0 Å². The Morgan fingerprint density at radius 2 is 2.33 bits per heavy atom. The van der Waals surface area contributed by atoms with Crippen molar-refractivity contribution < 1.29 is 0 Å².